The summed E-state index contributed by atoms with van der Waals surface area (Å²) in [6.45, 7) is 23.1. The maximum atomic E-state index is 5.22. The van der Waals surface area contributed by atoms with Crippen molar-refractivity contribution in [3.8, 4) is 0 Å². The Morgan fingerprint density at radius 1 is 0.132 bits per heavy atom. The van der Waals surface area contributed by atoms with Crippen molar-refractivity contribution in [1.82, 2.24) is 0 Å². The molecule has 0 aromatic carbocycles. The number of hydrogen-bond donors (Lipinski definition) is 0. The molecule has 7 atom stereocenters. The van der Waals surface area contributed by atoms with Crippen LogP contribution in [0.15, 0.2) is 0 Å². The van der Waals surface area contributed by atoms with E-state index in [-0.39, 0.29) is 0 Å². The predicted octanol–water partition coefficient (Wildman–Crippen LogP) is 27.4. The van der Waals surface area contributed by atoms with Crippen molar-refractivity contribution in [2.45, 2.75) is 496 Å². The van der Waals surface area contributed by atoms with Gasteiger partial charge in [-0.3, -0.25) is 0 Å². The lowest BCUT2D eigenvalue weighted by atomic mass is 10.0. The Morgan fingerprint density at radius 2 is 0.220 bits per heavy atom. The first-order chi connectivity index (χ1) is 45.0. The van der Waals surface area contributed by atoms with Gasteiger partial charge in [0, 0.05) is 0 Å². The topological polar surface area (TPSA) is 87.7 Å². The molecule has 0 aromatic rings. The molecule has 546 valence electrons. The molecule has 7 aliphatic rings. The molecule has 0 radical (unpaired) electrons. The molecule has 0 saturated carbocycles. The lowest BCUT2D eigenvalue weighted by Crippen LogP contribution is -1.86. The van der Waals surface area contributed by atoms with E-state index in [1.165, 1.54) is 405 Å². The highest BCUT2D eigenvalue weighted by molar-refractivity contribution is 4.72. The molecular formula is C84H168O7. The number of rotatable bonds is 63. The van der Waals surface area contributed by atoms with Gasteiger partial charge in [0.15, 0.2) is 0 Å². The summed E-state index contributed by atoms with van der Waals surface area (Å²) in [6.07, 6.45) is 93.7. The van der Waals surface area contributed by atoms with E-state index in [0.29, 0.717) is 42.7 Å². The van der Waals surface area contributed by atoms with Crippen molar-refractivity contribution in [2.75, 3.05) is 46.2 Å². The van der Waals surface area contributed by atoms with Gasteiger partial charge in [-0.2, -0.15) is 0 Å². The SMILES string of the molecule is CCCCC1CO1.CCCCCCC1CO1.CCCCCCCCC1CO1.CCCCCCCCCCC1CO1.CCCCCCCCCCCCC1CO1.CCCCCCCCCCCCCCC1CO1.CCCCCCCCCCCCCCCCC1CO1. The van der Waals surface area contributed by atoms with Gasteiger partial charge in [0.25, 0.3) is 0 Å². The molecule has 91 heavy (non-hydrogen) atoms. The fourth-order valence-corrected chi connectivity index (χ4v) is 12.2. The van der Waals surface area contributed by atoms with E-state index >= 15 is 0 Å². The molecule has 0 spiro atoms. The second-order valence-electron chi connectivity index (χ2n) is 29.5. The fraction of sp³-hybridized carbons (Fsp3) is 1.00. The molecule has 0 aromatic heterocycles. The average Bonchev–Trinajstić information content (AvgIpc) is 4.56. The summed E-state index contributed by atoms with van der Waals surface area (Å²) in [7, 11) is 0. The van der Waals surface area contributed by atoms with Crippen LogP contribution in [0.25, 0.3) is 0 Å². The second kappa shape index (κ2) is 74.0. The second-order valence-corrected chi connectivity index (χ2v) is 29.5. The van der Waals surface area contributed by atoms with E-state index < -0.39 is 0 Å². The van der Waals surface area contributed by atoms with Crippen LogP contribution in [0.4, 0.5) is 0 Å². The molecule has 7 fully saturated rings. The minimum atomic E-state index is 0.650. The summed E-state index contributed by atoms with van der Waals surface area (Å²) in [5, 5.41) is 0. The Kier molecular flexibility index (Phi) is 72.1. The molecule has 7 heterocycles. The van der Waals surface area contributed by atoms with Gasteiger partial charge in [0.2, 0.25) is 0 Å². The van der Waals surface area contributed by atoms with Gasteiger partial charge in [-0.05, 0) is 44.9 Å². The normalized spacial score (nSPS) is 20.5. The van der Waals surface area contributed by atoms with E-state index in [1.807, 2.05) is 0 Å². The smallest absolute Gasteiger partial charge is 0.0810 e. The fourth-order valence-electron chi connectivity index (χ4n) is 12.2. The Labute approximate surface area is 572 Å². The van der Waals surface area contributed by atoms with Crippen molar-refractivity contribution in [1.29, 1.82) is 0 Å². The standard InChI is InChI=1S/C18H36O.C16H32O.C14H28O.C12H24O.C10H20O.C8H16O.C6H12O/c1-2-3-4-5-6-7-8-9-10-11-12-13-14-15-16-18-17-19-18;1-2-3-4-5-6-7-8-9-10-11-12-13-14-16-15-17-16;1-2-3-4-5-6-7-8-9-10-11-12-14-13-15-14;1-2-3-4-5-6-7-8-9-10-12-11-13-12;1-2-3-4-5-6-7-8-10-9-11-10;1-2-3-4-5-6-8-7-9-8;1-2-3-4-6-5-7-6/h18H,2-17H2,1H3;16H,2-15H2,1H3;14H,2-13H2,1H3;12H,2-11H2,1H3;10H,2-9H2,1H3;8H,2-7H2,1H3;6H,2-5H2,1H3. The van der Waals surface area contributed by atoms with Crippen molar-refractivity contribution < 1.29 is 33.2 Å². The molecule has 7 aliphatic heterocycles. The van der Waals surface area contributed by atoms with Crippen LogP contribution in [0.2, 0.25) is 0 Å². The lowest BCUT2D eigenvalue weighted by molar-refractivity contribution is 0.387. The molecule has 0 aliphatic carbocycles. The maximum absolute atomic E-state index is 5.22. The molecule has 0 bridgehead atoms. The quantitative estimate of drug-likeness (QED) is 0.0443. The van der Waals surface area contributed by atoms with Crippen molar-refractivity contribution in [3.05, 3.63) is 0 Å². The Balaban J connectivity index is 0.000000541. The van der Waals surface area contributed by atoms with Crippen LogP contribution in [-0.4, -0.2) is 89.0 Å². The first-order valence-electron chi connectivity index (χ1n) is 42.3. The van der Waals surface area contributed by atoms with Gasteiger partial charge in [0.05, 0.1) is 89.0 Å². The third-order valence-corrected chi connectivity index (χ3v) is 19.5. The third kappa shape index (κ3) is 83.9. The van der Waals surface area contributed by atoms with E-state index in [2.05, 4.69) is 48.5 Å². The summed E-state index contributed by atoms with van der Waals surface area (Å²) in [5.74, 6) is 0. The zero-order valence-corrected chi connectivity index (χ0v) is 63.4. The van der Waals surface area contributed by atoms with Crippen molar-refractivity contribution >= 4 is 0 Å². The van der Waals surface area contributed by atoms with E-state index in [0.717, 1.165) is 46.2 Å². The molecule has 7 rings (SSSR count). The van der Waals surface area contributed by atoms with E-state index in [1.54, 1.807) is 0 Å². The number of unbranched alkanes of at least 4 members (excludes halogenated alkanes) is 49. The molecule has 7 saturated heterocycles. The zero-order valence-electron chi connectivity index (χ0n) is 63.4. The summed E-state index contributed by atoms with van der Waals surface area (Å²) in [4.78, 5) is 0. The average molecular weight is 1290 g/mol. The van der Waals surface area contributed by atoms with Crippen LogP contribution >= 0.6 is 0 Å². The van der Waals surface area contributed by atoms with Crippen LogP contribution in [0.5, 0.6) is 0 Å². The van der Waals surface area contributed by atoms with Crippen LogP contribution < -0.4 is 0 Å². The molecule has 0 N–H and O–H groups in total. The van der Waals surface area contributed by atoms with Crippen LogP contribution in [0, 0.1) is 0 Å². The van der Waals surface area contributed by atoms with Crippen LogP contribution in [0.1, 0.15) is 453 Å². The first kappa shape index (κ1) is 88.7. The van der Waals surface area contributed by atoms with E-state index in [4.69, 9.17) is 33.2 Å². The number of epoxide rings is 7. The summed E-state index contributed by atoms with van der Waals surface area (Å²) < 4.78 is 36.0. The first-order valence-corrected chi connectivity index (χ1v) is 42.3. The van der Waals surface area contributed by atoms with E-state index in [9.17, 15) is 0 Å². The van der Waals surface area contributed by atoms with Gasteiger partial charge in [0.1, 0.15) is 0 Å². The third-order valence-electron chi connectivity index (χ3n) is 19.5. The molecular weight excluding hydrogens is 1120 g/mol. The summed E-state index contributed by atoms with van der Waals surface area (Å²) >= 11 is 0. The molecule has 7 unspecified atom stereocenters. The highest BCUT2D eigenvalue weighted by Gasteiger charge is 2.24. The Bertz CT molecular complexity index is 1300. The van der Waals surface area contributed by atoms with Crippen molar-refractivity contribution in [3.63, 3.8) is 0 Å². The molecule has 0 amide bonds. The molecule has 7 nitrogen and oxygen atoms in total. The minimum Gasteiger partial charge on any atom is -0.373 e. The Hall–Kier alpha value is -0.280. The highest BCUT2D eigenvalue weighted by Crippen LogP contribution is 2.24. The lowest BCUT2D eigenvalue weighted by Gasteiger charge is -2.03. The Morgan fingerprint density at radius 3 is 0.330 bits per heavy atom. The highest BCUT2D eigenvalue weighted by atomic mass is 16.6. The van der Waals surface area contributed by atoms with Crippen LogP contribution in [0.3, 0.4) is 0 Å². The minimum absolute atomic E-state index is 0.650. The molecule has 7 heteroatoms. The van der Waals surface area contributed by atoms with Gasteiger partial charge >= 0.3 is 0 Å². The van der Waals surface area contributed by atoms with Crippen LogP contribution in [-0.2, 0) is 33.2 Å². The zero-order chi connectivity index (χ0) is 65.5. The van der Waals surface area contributed by atoms with Gasteiger partial charge in [-0.15, -0.1) is 0 Å². The summed E-state index contributed by atoms with van der Waals surface area (Å²) in [5.41, 5.74) is 0. The van der Waals surface area contributed by atoms with Crippen molar-refractivity contribution in [2.24, 2.45) is 0 Å². The number of ether oxygens (including phenoxy) is 7. The van der Waals surface area contributed by atoms with Gasteiger partial charge in [-0.1, -0.05) is 408 Å². The van der Waals surface area contributed by atoms with Gasteiger partial charge < -0.3 is 33.2 Å². The number of hydrogen-bond acceptors (Lipinski definition) is 7. The van der Waals surface area contributed by atoms with Gasteiger partial charge in [-0.25, -0.2) is 0 Å². The predicted molar refractivity (Wildman–Crippen MR) is 399 cm³/mol. The largest absolute Gasteiger partial charge is 0.373 e. The summed E-state index contributed by atoms with van der Waals surface area (Å²) in [6, 6.07) is 0. The monoisotopic (exact) mass is 1290 g/mol. The maximum Gasteiger partial charge on any atom is 0.0810 e.